The number of thiazole rings is 1. The van der Waals surface area contributed by atoms with Crippen molar-refractivity contribution in [2.75, 3.05) is 13.7 Å². The van der Waals surface area contributed by atoms with Crippen molar-refractivity contribution in [2.45, 2.75) is 26.8 Å². The van der Waals surface area contributed by atoms with E-state index in [1.54, 1.807) is 18.4 Å². The molecule has 2 heterocycles. The summed E-state index contributed by atoms with van der Waals surface area (Å²) in [6.45, 7) is 9.65. The molecule has 0 bridgehead atoms. The van der Waals surface area contributed by atoms with E-state index in [1.165, 1.54) is 21.7 Å². The number of nitrogens with zero attached hydrogens (tertiary/aromatic N) is 2. The van der Waals surface area contributed by atoms with E-state index in [9.17, 15) is 0 Å². The van der Waals surface area contributed by atoms with Crippen LogP contribution in [-0.2, 0) is 17.7 Å². The lowest BCUT2D eigenvalue weighted by Crippen LogP contribution is -2.22. The molecule has 1 aliphatic heterocycles. The second-order valence-corrected chi connectivity index (χ2v) is 6.97. The Labute approximate surface area is 153 Å². The van der Waals surface area contributed by atoms with Gasteiger partial charge in [-0.1, -0.05) is 24.3 Å². The molecule has 0 atom stereocenters. The maximum Gasteiger partial charge on any atom is 0.212 e. The summed E-state index contributed by atoms with van der Waals surface area (Å²) in [4.78, 5) is 10.2. The summed E-state index contributed by atoms with van der Waals surface area (Å²) >= 11 is 1.79. The topological polar surface area (TPSA) is 46.5 Å². The van der Waals surface area contributed by atoms with Crippen molar-refractivity contribution in [3.05, 3.63) is 57.9 Å². The fraction of sp³-hybridized carbons (Fsp3) is 0.300. The van der Waals surface area contributed by atoms with Gasteiger partial charge in [0.1, 0.15) is 5.01 Å². The van der Waals surface area contributed by atoms with E-state index in [0.717, 1.165) is 35.7 Å². The van der Waals surface area contributed by atoms with Gasteiger partial charge in [0.25, 0.3) is 0 Å². The third-order valence-electron chi connectivity index (χ3n) is 4.43. The van der Waals surface area contributed by atoms with Crippen molar-refractivity contribution in [1.29, 1.82) is 0 Å². The summed E-state index contributed by atoms with van der Waals surface area (Å²) < 4.78 is 5.24. The van der Waals surface area contributed by atoms with Gasteiger partial charge in [0, 0.05) is 36.0 Å². The zero-order chi connectivity index (χ0) is 17.8. The molecule has 1 N–H and O–H groups in total. The van der Waals surface area contributed by atoms with Crippen LogP contribution in [0.25, 0.3) is 16.1 Å². The van der Waals surface area contributed by atoms with Gasteiger partial charge in [0.05, 0.1) is 12.8 Å². The fourth-order valence-electron chi connectivity index (χ4n) is 3.04. The summed E-state index contributed by atoms with van der Waals surface area (Å²) in [6.07, 6.45) is 4.98. The molecule has 130 valence electrons. The lowest BCUT2D eigenvalue weighted by Gasteiger charge is -2.11. The van der Waals surface area contributed by atoms with E-state index in [1.807, 2.05) is 13.0 Å². The highest BCUT2D eigenvalue weighted by Crippen LogP contribution is 2.35. The lowest BCUT2D eigenvalue weighted by molar-refractivity contribution is 0.289. The Balaban J connectivity index is 2.04. The Kier molecular flexibility index (Phi) is 5.46. The van der Waals surface area contributed by atoms with E-state index < -0.39 is 0 Å². The van der Waals surface area contributed by atoms with Gasteiger partial charge in [-0.25, -0.2) is 9.98 Å². The molecule has 0 amide bonds. The summed E-state index contributed by atoms with van der Waals surface area (Å²) in [6, 6.07) is 6.36. The largest absolute Gasteiger partial charge is 0.481 e. The first-order valence-electron chi connectivity index (χ1n) is 8.36. The van der Waals surface area contributed by atoms with Crippen LogP contribution in [0, 0.1) is 6.92 Å². The molecule has 25 heavy (non-hydrogen) atoms. The van der Waals surface area contributed by atoms with Crippen LogP contribution in [0.1, 0.15) is 28.6 Å². The molecule has 0 fully saturated rings. The van der Waals surface area contributed by atoms with Crippen molar-refractivity contribution < 1.29 is 4.74 Å². The quantitative estimate of drug-likeness (QED) is 0.494. The van der Waals surface area contributed by atoms with Crippen molar-refractivity contribution in [1.82, 2.24) is 10.3 Å². The number of hydrogen-bond donors (Lipinski definition) is 1. The number of fused-ring (bicyclic) bond motifs is 1. The first-order chi connectivity index (χ1) is 12.2. The maximum absolute atomic E-state index is 5.24. The number of ether oxygens (including phenoxy) is 1. The van der Waals surface area contributed by atoms with Gasteiger partial charge >= 0.3 is 0 Å². The molecule has 3 rings (SSSR count). The SMILES string of the molecule is C=N/C(=C\C(=C/C)c1cccc(-c2nc3c(s2)CNCC3)c1C)OC. The van der Waals surface area contributed by atoms with Gasteiger partial charge in [-0.2, -0.15) is 0 Å². The molecule has 0 radical (unpaired) electrons. The van der Waals surface area contributed by atoms with E-state index >= 15 is 0 Å². The molecule has 0 saturated carbocycles. The normalized spacial score (nSPS) is 15.0. The molecule has 1 aliphatic rings. The minimum atomic E-state index is 0.508. The summed E-state index contributed by atoms with van der Waals surface area (Å²) in [5.74, 6) is 0.508. The summed E-state index contributed by atoms with van der Waals surface area (Å²) in [5.41, 5.74) is 5.86. The molecule has 2 aromatic rings. The third-order valence-corrected chi connectivity index (χ3v) is 5.56. The Morgan fingerprint density at radius 1 is 1.44 bits per heavy atom. The van der Waals surface area contributed by atoms with E-state index in [-0.39, 0.29) is 0 Å². The van der Waals surface area contributed by atoms with Crippen molar-refractivity contribution in [2.24, 2.45) is 4.99 Å². The maximum atomic E-state index is 5.24. The van der Waals surface area contributed by atoms with Crippen molar-refractivity contribution in [3.63, 3.8) is 0 Å². The zero-order valence-electron chi connectivity index (χ0n) is 14.9. The van der Waals surface area contributed by atoms with Crippen molar-refractivity contribution >= 4 is 23.6 Å². The van der Waals surface area contributed by atoms with Crippen molar-refractivity contribution in [3.8, 4) is 10.6 Å². The first-order valence-corrected chi connectivity index (χ1v) is 9.18. The molecule has 0 saturated heterocycles. The molecule has 1 aromatic heterocycles. The highest BCUT2D eigenvalue weighted by molar-refractivity contribution is 7.15. The molecule has 1 aromatic carbocycles. The van der Waals surface area contributed by atoms with Crippen LogP contribution in [-0.4, -0.2) is 25.4 Å². The number of allylic oxidation sites excluding steroid dienone is 3. The smallest absolute Gasteiger partial charge is 0.212 e. The molecule has 0 aliphatic carbocycles. The average Bonchev–Trinajstić information content (AvgIpc) is 3.07. The number of hydrogen-bond acceptors (Lipinski definition) is 5. The standard InChI is InChI=1S/C20H23N3OS/c1-5-14(11-19(21-3)24-4)15-7-6-8-16(13(15)2)20-23-17-9-10-22-12-18(17)25-20/h5-8,11,22H,3,9-10,12H2,1-2,4H3/b14-5+,19-11+. The number of aliphatic imine (C=N–C) groups is 1. The van der Waals surface area contributed by atoms with Gasteiger partial charge in [-0.15, -0.1) is 11.3 Å². The lowest BCUT2D eigenvalue weighted by atomic mass is 9.96. The molecule has 5 heteroatoms. The Morgan fingerprint density at radius 2 is 2.28 bits per heavy atom. The predicted molar refractivity (Wildman–Crippen MR) is 106 cm³/mol. The second-order valence-electron chi connectivity index (χ2n) is 5.88. The number of methoxy groups -OCH3 is 1. The van der Waals surface area contributed by atoms with E-state index in [2.05, 4.69) is 48.2 Å². The number of aromatic nitrogens is 1. The Hall–Kier alpha value is -2.24. The minimum Gasteiger partial charge on any atom is -0.481 e. The summed E-state index contributed by atoms with van der Waals surface area (Å²) in [7, 11) is 1.60. The van der Waals surface area contributed by atoms with Gasteiger partial charge in [0.15, 0.2) is 0 Å². The zero-order valence-corrected chi connectivity index (χ0v) is 15.7. The summed E-state index contributed by atoms with van der Waals surface area (Å²) in [5, 5.41) is 4.52. The predicted octanol–water partition coefficient (Wildman–Crippen LogP) is 4.36. The highest BCUT2D eigenvalue weighted by atomic mass is 32.1. The first kappa shape index (κ1) is 17.6. The monoisotopic (exact) mass is 353 g/mol. The van der Waals surface area contributed by atoms with E-state index in [4.69, 9.17) is 9.72 Å². The van der Waals surface area contributed by atoms with Crippen LogP contribution in [0.5, 0.6) is 0 Å². The molecular weight excluding hydrogens is 330 g/mol. The Morgan fingerprint density at radius 3 is 2.96 bits per heavy atom. The third kappa shape index (κ3) is 3.57. The number of nitrogens with one attached hydrogen (secondary N) is 1. The number of rotatable bonds is 5. The Bertz CT molecular complexity index is 825. The number of benzene rings is 1. The molecular formula is C20H23N3OS. The van der Waals surface area contributed by atoms with Gasteiger partial charge in [-0.05, 0) is 37.3 Å². The van der Waals surface area contributed by atoms with Gasteiger partial charge in [-0.3, -0.25) is 0 Å². The average molecular weight is 353 g/mol. The molecule has 0 spiro atoms. The van der Waals surface area contributed by atoms with Crippen LogP contribution < -0.4 is 5.32 Å². The van der Waals surface area contributed by atoms with Crippen LogP contribution in [0.15, 0.2) is 41.2 Å². The van der Waals surface area contributed by atoms with Crippen LogP contribution in [0.2, 0.25) is 0 Å². The minimum absolute atomic E-state index is 0.508. The van der Waals surface area contributed by atoms with Gasteiger partial charge in [0.2, 0.25) is 5.88 Å². The molecule has 0 unspecified atom stereocenters. The van der Waals surface area contributed by atoms with Crippen LogP contribution >= 0.6 is 11.3 Å². The van der Waals surface area contributed by atoms with Crippen LogP contribution in [0.4, 0.5) is 0 Å². The second kappa shape index (κ2) is 7.76. The highest BCUT2D eigenvalue weighted by Gasteiger charge is 2.18. The molecule has 4 nitrogen and oxygen atoms in total. The fourth-order valence-corrected chi connectivity index (χ4v) is 4.20. The van der Waals surface area contributed by atoms with E-state index in [0.29, 0.717) is 5.88 Å². The van der Waals surface area contributed by atoms with Gasteiger partial charge < -0.3 is 10.1 Å². The van der Waals surface area contributed by atoms with Crippen LogP contribution in [0.3, 0.4) is 0 Å².